The predicted octanol–water partition coefficient (Wildman–Crippen LogP) is 1.16. The van der Waals surface area contributed by atoms with Crippen molar-refractivity contribution in [2.45, 2.75) is 12.6 Å². The summed E-state index contributed by atoms with van der Waals surface area (Å²) in [5.74, 6) is 1.23. The zero-order chi connectivity index (χ0) is 14.5. The molecule has 0 saturated carbocycles. The highest BCUT2D eigenvalue weighted by atomic mass is 16.5. The van der Waals surface area contributed by atoms with Gasteiger partial charge in [-0.3, -0.25) is 4.90 Å². The number of benzene rings is 1. The number of nitrogens with one attached hydrogen (secondary N) is 1. The van der Waals surface area contributed by atoms with Gasteiger partial charge in [0, 0.05) is 25.2 Å². The van der Waals surface area contributed by atoms with E-state index >= 15 is 0 Å². The molecule has 1 aliphatic heterocycles. The van der Waals surface area contributed by atoms with Crippen molar-refractivity contribution >= 4 is 0 Å². The maximum atomic E-state index is 5.75. The Morgan fingerprint density at radius 1 is 1.29 bits per heavy atom. The predicted molar refractivity (Wildman–Crippen MR) is 78.7 cm³/mol. The van der Waals surface area contributed by atoms with Crippen LogP contribution in [0, 0.1) is 0 Å². The van der Waals surface area contributed by atoms with E-state index < -0.39 is 0 Å². The molecule has 0 spiro atoms. The van der Waals surface area contributed by atoms with Crippen LogP contribution >= 0.6 is 0 Å². The van der Waals surface area contributed by atoms with Gasteiger partial charge in [-0.1, -0.05) is 18.2 Å². The highest BCUT2D eigenvalue weighted by Gasteiger charge is 2.21. The Balaban J connectivity index is 1.62. The minimum atomic E-state index is 0.222. The molecular formula is C15H20N4O2. The number of ether oxygens (including phenoxy) is 1. The number of rotatable bonds is 5. The van der Waals surface area contributed by atoms with Crippen molar-refractivity contribution in [3.8, 4) is 11.5 Å². The molecule has 6 heteroatoms. The van der Waals surface area contributed by atoms with Gasteiger partial charge in [-0.2, -0.15) is 0 Å². The van der Waals surface area contributed by atoms with E-state index in [0.717, 1.165) is 31.8 Å². The van der Waals surface area contributed by atoms with Crippen molar-refractivity contribution in [1.29, 1.82) is 0 Å². The highest BCUT2D eigenvalue weighted by Crippen LogP contribution is 2.18. The molecule has 1 fully saturated rings. The van der Waals surface area contributed by atoms with Crippen LogP contribution in [0.3, 0.4) is 0 Å². The molecule has 112 valence electrons. The van der Waals surface area contributed by atoms with Crippen molar-refractivity contribution < 1.29 is 9.15 Å². The van der Waals surface area contributed by atoms with Crippen LogP contribution in [0.25, 0.3) is 11.5 Å². The molecule has 1 aromatic carbocycles. The van der Waals surface area contributed by atoms with Gasteiger partial charge in [0.25, 0.3) is 0 Å². The molecule has 1 aromatic heterocycles. The van der Waals surface area contributed by atoms with Crippen molar-refractivity contribution in [3.63, 3.8) is 0 Å². The molecule has 1 atom stereocenters. The summed E-state index contributed by atoms with van der Waals surface area (Å²) in [5, 5.41) is 11.4. The molecular weight excluding hydrogens is 268 g/mol. The Labute approximate surface area is 124 Å². The van der Waals surface area contributed by atoms with Crippen molar-refractivity contribution in [1.82, 2.24) is 20.4 Å². The summed E-state index contributed by atoms with van der Waals surface area (Å²) in [4.78, 5) is 2.29. The molecule has 0 radical (unpaired) electrons. The summed E-state index contributed by atoms with van der Waals surface area (Å²) in [7, 11) is 1.94. The second-order valence-corrected chi connectivity index (χ2v) is 5.15. The van der Waals surface area contributed by atoms with E-state index in [1.165, 1.54) is 0 Å². The third-order valence-corrected chi connectivity index (χ3v) is 3.50. The molecule has 2 aromatic rings. The molecule has 0 aliphatic carbocycles. The summed E-state index contributed by atoms with van der Waals surface area (Å²) in [6.07, 6.45) is 0.222. The fraction of sp³-hybridized carbons (Fsp3) is 0.467. The van der Waals surface area contributed by atoms with Crippen LogP contribution in [0.1, 0.15) is 5.89 Å². The first-order chi connectivity index (χ1) is 10.3. The van der Waals surface area contributed by atoms with Gasteiger partial charge in [-0.05, 0) is 19.2 Å². The van der Waals surface area contributed by atoms with E-state index in [1.807, 2.05) is 37.4 Å². The monoisotopic (exact) mass is 288 g/mol. The average molecular weight is 288 g/mol. The number of hydrogen-bond donors (Lipinski definition) is 1. The molecule has 0 bridgehead atoms. The summed E-state index contributed by atoms with van der Waals surface area (Å²) >= 11 is 0. The summed E-state index contributed by atoms with van der Waals surface area (Å²) < 4.78 is 11.4. The van der Waals surface area contributed by atoms with Crippen LogP contribution in [0.15, 0.2) is 34.7 Å². The Morgan fingerprint density at radius 3 is 2.95 bits per heavy atom. The Hall–Kier alpha value is -1.76. The fourth-order valence-corrected chi connectivity index (χ4v) is 2.48. The SMILES string of the molecule is CNCC1CN(Cc2nnc(-c3ccccc3)o2)CCO1. The van der Waals surface area contributed by atoms with E-state index in [4.69, 9.17) is 9.15 Å². The topological polar surface area (TPSA) is 63.4 Å². The van der Waals surface area contributed by atoms with Crippen molar-refractivity contribution in [2.75, 3.05) is 33.3 Å². The number of nitrogens with zero attached hydrogens (tertiary/aromatic N) is 3. The second kappa shape index (κ2) is 6.80. The minimum absolute atomic E-state index is 0.222. The van der Waals surface area contributed by atoms with Gasteiger partial charge < -0.3 is 14.5 Å². The number of aromatic nitrogens is 2. The maximum absolute atomic E-state index is 5.75. The number of hydrogen-bond acceptors (Lipinski definition) is 6. The van der Waals surface area contributed by atoms with Crippen LogP contribution in [-0.2, 0) is 11.3 Å². The lowest BCUT2D eigenvalue weighted by molar-refractivity contribution is -0.0313. The third-order valence-electron chi connectivity index (χ3n) is 3.50. The largest absolute Gasteiger partial charge is 0.419 e. The van der Waals surface area contributed by atoms with Gasteiger partial charge in [-0.25, -0.2) is 0 Å². The standard InChI is InChI=1S/C15H20N4O2/c1-16-9-13-10-19(7-8-20-13)11-14-17-18-15(21-14)12-5-3-2-4-6-12/h2-6,13,16H,7-11H2,1H3. The molecule has 0 amide bonds. The number of morpholine rings is 1. The van der Waals surface area contributed by atoms with Crippen LogP contribution < -0.4 is 5.32 Å². The fourth-order valence-electron chi connectivity index (χ4n) is 2.48. The molecule has 1 saturated heterocycles. The summed E-state index contributed by atoms with van der Waals surface area (Å²) in [5.41, 5.74) is 0.950. The van der Waals surface area contributed by atoms with Gasteiger partial charge in [0.05, 0.1) is 19.3 Å². The van der Waals surface area contributed by atoms with Crippen LogP contribution in [0.2, 0.25) is 0 Å². The molecule has 6 nitrogen and oxygen atoms in total. The quantitative estimate of drug-likeness (QED) is 0.890. The van der Waals surface area contributed by atoms with E-state index in [1.54, 1.807) is 0 Å². The lowest BCUT2D eigenvalue weighted by atomic mass is 10.2. The second-order valence-electron chi connectivity index (χ2n) is 5.15. The zero-order valence-corrected chi connectivity index (χ0v) is 12.2. The molecule has 3 rings (SSSR count). The first-order valence-electron chi connectivity index (χ1n) is 7.21. The van der Waals surface area contributed by atoms with Crippen molar-refractivity contribution in [3.05, 3.63) is 36.2 Å². The molecule has 1 aliphatic rings. The highest BCUT2D eigenvalue weighted by molar-refractivity contribution is 5.51. The Bertz CT molecular complexity index is 556. The molecule has 2 heterocycles. The van der Waals surface area contributed by atoms with Crippen LogP contribution in [0.4, 0.5) is 0 Å². The van der Waals surface area contributed by atoms with Crippen LogP contribution in [0.5, 0.6) is 0 Å². The normalized spacial score (nSPS) is 19.8. The zero-order valence-electron chi connectivity index (χ0n) is 12.2. The molecule has 1 unspecified atom stereocenters. The molecule has 21 heavy (non-hydrogen) atoms. The van der Waals surface area contributed by atoms with Gasteiger partial charge >= 0.3 is 0 Å². The third kappa shape index (κ3) is 3.66. The van der Waals surface area contributed by atoms with E-state index in [9.17, 15) is 0 Å². The first kappa shape index (κ1) is 14.2. The van der Waals surface area contributed by atoms with E-state index in [0.29, 0.717) is 18.3 Å². The summed E-state index contributed by atoms with van der Waals surface area (Å²) in [6, 6.07) is 9.83. The van der Waals surface area contributed by atoms with Gasteiger partial charge in [0.15, 0.2) is 0 Å². The molecule has 1 N–H and O–H groups in total. The Morgan fingerprint density at radius 2 is 2.14 bits per heavy atom. The van der Waals surface area contributed by atoms with Gasteiger partial charge in [-0.15, -0.1) is 10.2 Å². The summed E-state index contributed by atoms with van der Waals surface area (Å²) in [6.45, 7) is 4.04. The van der Waals surface area contributed by atoms with Crippen molar-refractivity contribution in [2.24, 2.45) is 0 Å². The average Bonchev–Trinajstić information content (AvgIpc) is 2.97. The van der Waals surface area contributed by atoms with Crippen LogP contribution in [-0.4, -0.2) is 54.5 Å². The minimum Gasteiger partial charge on any atom is -0.419 e. The van der Waals surface area contributed by atoms with E-state index in [-0.39, 0.29) is 6.10 Å². The Kier molecular flexibility index (Phi) is 4.59. The van der Waals surface area contributed by atoms with Gasteiger partial charge in [0.2, 0.25) is 11.8 Å². The lowest BCUT2D eigenvalue weighted by Crippen LogP contribution is -2.45. The smallest absolute Gasteiger partial charge is 0.247 e. The maximum Gasteiger partial charge on any atom is 0.247 e. The number of likely N-dealkylation sites (N-methyl/N-ethyl adjacent to an activating group) is 1. The lowest BCUT2D eigenvalue weighted by Gasteiger charge is -2.31. The van der Waals surface area contributed by atoms with E-state index in [2.05, 4.69) is 20.4 Å². The first-order valence-corrected chi connectivity index (χ1v) is 7.21. The van der Waals surface area contributed by atoms with Gasteiger partial charge in [0.1, 0.15) is 0 Å².